The largest absolute Gasteiger partial charge is 0.387 e. The van der Waals surface area contributed by atoms with Gasteiger partial charge in [0.1, 0.15) is 5.65 Å². The highest BCUT2D eigenvalue weighted by Gasteiger charge is 2.30. The van der Waals surface area contributed by atoms with E-state index in [-0.39, 0.29) is 4.90 Å². The van der Waals surface area contributed by atoms with Gasteiger partial charge in [0, 0.05) is 47.5 Å². The SMILES string of the molecule is CCCCCCCCc1csc(N(c2ccc(CCNCC(O)c3cnc4[nH]ccc4c3)cc2)S(=O)(=O)c2ccc3c(c2)CCN3)n1. The van der Waals surface area contributed by atoms with E-state index in [9.17, 15) is 13.5 Å². The van der Waals surface area contributed by atoms with E-state index in [1.54, 1.807) is 18.3 Å². The number of aliphatic hydroxyl groups is 1. The summed E-state index contributed by atoms with van der Waals surface area (Å²) in [6.07, 6.45) is 12.4. The van der Waals surface area contributed by atoms with E-state index < -0.39 is 16.1 Å². The molecular weight excluding hydrogens is 629 g/mol. The lowest BCUT2D eigenvalue weighted by Crippen LogP contribution is -2.26. The number of aliphatic hydroxyl groups excluding tert-OH is 1. The number of aryl methyl sites for hydroxylation is 1. The summed E-state index contributed by atoms with van der Waals surface area (Å²) in [4.78, 5) is 12.5. The van der Waals surface area contributed by atoms with E-state index in [0.29, 0.717) is 23.9 Å². The predicted octanol–water partition coefficient (Wildman–Crippen LogP) is 7.28. The maximum Gasteiger partial charge on any atom is 0.270 e. The van der Waals surface area contributed by atoms with Gasteiger partial charge in [-0.05, 0) is 85.8 Å². The fourth-order valence-corrected chi connectivity index (χ4v) is 8.61. The molecule has 0 fully saturated rings. The third kappa shape index (κ3) is 8.03. The molecule has 4 N–H and O–H groups in total. The quantitative estimate of drug-likeness (QED) is 0.0766. The summed E-state index contributed by atoms with van der Waals surface area (Å²) in [5, 5.41) is 20.7. The number of sulfonamides is 1. The second-order valence-electron chi connectivity index (χ2n) is 12.2. The van der Waals surface area contributed by atoms with Crippen LogP contribution in [0.3, 0.4) is 0 Å². The van der Waals surface area contributed by atoms with Gasteiger partial charge in [-0.15, -0.1) is 11.3 Å². The highest BCUT2D eigenvalue weighted by Crippen LogP contribution is 2.36. The van der Waals surface area contributed by atoms with Crippen molar-refractivity contribution < 1.29 is 13.5 Å². The van der Waals surface area contributed by atoms with E-state index in [4.69, 9.17) is 4.98 Å². The summed E-state index contributed by atoms with van der Waals surface area (Å²) in [6, 6.07) is 16.9. The Bertz CT molecular complexity index is 1870. The standard InChI is InChI=1S/C36H44N6O3S2/c1-2-3-4-5-6-7-8-30-25-46-36(41-30)42(47(44,45)32-13-14-33-27(22-32)16-19-38-33)31-11-9-26(10-12-31)15-18-37-24-34(43)29-21-28-17-20-39-35(28)40-23-29/h9-14,17,20-23,25,34,37-38,43H,2-8,15-16,18-19,24H2,1H3,(H,39,40). The Kier molecular flexibility index (Phi) is 10.9. The van der Waals surface area contributed by atoms with Crippen molar-refractivity contribution in [1.29, 1.82) is 0 Å². The molecule has 0 aliphatic carbocycles. The van der Waals surface area contributed by atoms with Crippen molar-refractivity contribution in [3.05, 3.63) is 94.8 Å². The average molecular weight is 673 g/mol. The van der Waals surface area contributed by atoms with Crippen LogP contribution in [0.4, 0.5) is 16.5 Å². The zero-order valence-corrected chi connectivity index (χ0v) is 28.5. The number of benzene rings is 2. The normalized spacial score (nSPS) is 13.5. The van der Waals surface area contributed by atoms with Gasteiger partial charge >= 0.3 is 0 Å². The van der Waals surface area contributed by atoms with Crippen molar-refractivity contribution >= 4 is 48.9 Å². The first-order chi connectivity index (χ1) is 22.9. The zero-order chi connectivity index (χ0) is 32.6. The fraction of sp³-hybridized carbons (Fsp3) is 0.389. The molecule has 1 unspecified atom stereocenters. The third-order valence-corrected chi connectivity index (χ3v) is 11.4. The molecule has 2 aromatic carbocycles. The molecule has 0 saturated carbocycles. The number of unbranched alkanes of at least 4 members (excludes halogenated alkanes) is 5. The van der Waals surface area contributed by atoms with Crippen molar-refractivity contribution in [2.45, 2.75) is 75.7 Å². The highest BCUT2D eigenvalue weighted by atomic mass is 32.2. The summed E-state index contributed by atoms with van der Waals surface area (Å²) >= 11 is 1.38. The molecule has 0 amide bonds. The predicted molar refractivity (Wildman–Crippen MR) is 191 cm³/mol. The van der Waals surface area contributed by atoms with Gasteiger partial charge in [-0.1, -0.05) is 51.2 Å². The van der Waals surface area contributed by atoms with Gasteiger partial charge in [0.05, 0.1) is 22.4 Å². The number of aromatic nitrogens is 3. The molecule has 0 radical (unpaired) electrons. The van der Waals surface area contributed by atoms with Crippen molar-refractivity contribution in [1.82, 2.24) is 20.3 Å². The molecule has 1 atom stereocenters. The molecule has 5 aromatic rings. The van der Waals surface area contributed by atoms with Crippen LogP contribution >= 0.6 is 11.3 Å². The minimum Gasteiger partial charge on any atom is -0.387 e. The van der Waals surface area contributed by atoms with Crippen LogP contribution in [0.25, 0.3) is 11.0 Å². The average Bonchev–Trinajstić information content (AvgIpc) is 3.86. The molecule has 248 valence electrons. The molecular formula is C36H44N6O3S2. The zero-order valence-electron chi connectivity index (χ0n) is 26.9. The Labute approximate surface area is 281 Å². The van der Waals surface area contributed by atoms with Crippen molar-refractivity contribution in [2.24, 2.45) is 0 Å². The van der Waals surface area contributed by atoms with Crippen molar-refractivity contribution in [2.75, 3.05) is 29.3 Å². The molecule has 6 rings (SSSR count). The van der Waals surface area contributed by atoms with E-state index in [1.165, 1.54) is 41.3 Å². The number of nitrogens with zero attached hydrogens (tertiary/aromatic N) is 3. The number of hydrogen-bond donors (Lipinski definition) is 4. The molecule has 9 nitrogen and oxygen atoms in total. The van der Waals surface area contributed by atoms with E-state index in [0.717, 1.165) is 77.8 Å². The lowest BCUT2D eigenvalue weighted by Gasteiger charge is -2.22. The Hall–Kier alpha value is -3.77. The van der Waals surface area contributed by atoms with Gasteiger partial charge < -0.3 is 20.7 Å². The van der Waals surface area contributed by atoms with Gasteiger partial charge in [0.25, 0.3) is 10.0 Å². The van der Waals surface area contributed by atoms with Crippen LogP contribution in [0.15, 0.2) is 77.3 Å². The number of anilines is 3. The van der Waals surface area contributed by atoms with Gasteiger partial charge in [-0.25, -0.2) is 22.7 Å². The molecule has 4 heterocycles. The summed E-state index contributed by atoms with van der Waals surface area (Å²) < 4.78 is 29.9. The Balaban J connectivity index is 1.13. The van der Waals surface area contributed by atoms with Crippen molar-refractivity contribution in [3.63, 3.8) is 0 Å². The molecule has 0 saturated heterocycles. The smallest absolute Gasteiger partial charge is 0.270 e. The molecule has 0 bridgehead atoms. The summed E-state index contributed by atoms with van der Waals surface area (Å²) in [7, 11) is -3.92. The maximum atomic E-state index is 14.3. The third-order valence-electron chi connectivity index (χ3n) is 8.73. The number of thiazole rings is 1. The van der Waals surface area contributed by atoms with Crippen LogP contribution in [0, 0.1) is 0 Å². The van der Waals surface area contributed by atoms with Crippen LogP contribution in [-0.2, 0) is 29.3 Å². The molecule has 47 heavy (non-hydrogen) atoms. The number of nitrogens with one attached hydrogen (secondary N) is 3. The van der Waals surface area contributed by atoms with Crippen LogP contribution in [-0.4, -0.2) is 48.1 Å². The van der Waals surface area contributed by atoms with Gasteiger partial charge in [-0.2, -0.15) is 0 Å². The molecule has 1 aliphatic rings. The summed E-state index contributed by atoms with van der Waals surface area (Å²) in [6.45, 7) is 4.10. The monoisotopic (exact) mass is 672 g/mol. The lowest BCUT2D eigenvalue weighted by molar-refractivity contribution is 0.175. The Morgan fingerprint density at radius 2 is 1.85 bits per heavy atom. The van der Waals surface area contributed by atoms with Gasteiger partial charge in [0.2, 0.25) is 5.13 Å². The number of hydrogen-bond acceptors (Lipinski definition) is 8. The summed E-state index contributed by atoms with van der Waals surface area (Å²) in [5.41, 5.74) is 6.15. The van der Waals surface area contributed by atoms with Crippen LogP contribution in [0.5, 0.6) is 0 Å². The number of rotatable bonds is 17. The minimum atomic E-state index is -3.92. The molecule has 11 heteroatoms. The number of aromatic amines is 1. The first-order valence-electron chi connectivity index (χ1n) is 16.7. The number of pyridine rings is 1. The number of fused-ring (bicyclic) bond motifs is 2. The molecule has 1 aliphatic heterocycles. The van der Waals surface area contributed by atoms with Crippen molar-refractivity contribution in [3.8, 4) is 0 Å². The molecule has 3 aromatic heterocycles. The van der Waals surface area contributed by atoms with Gasteiger partial charge in [-0.3, -0.25) is 0 Å². The van der Waals surface area contributed by atoms with Crippen LogP contribution in [0.1, 0.15) is 73.9 Å². The highest BCUT2D eigenvalue weighted by molar-refractivity contribution is 7.93. The number of H-pyrrole nitrogens is 1. The fourth-order valence-electron chi connectivity index (χ4n) is 6.02. The Morgan fingerprint density at radius 3 is 2.70 bits per heavy atom. The first kappa shape index (κ1) is 33.1. The van der Waals surface area contributed by atoms with Crippen LogP contribution < -0.4 is 14.9 Å². The summed E-state index contributed by atoms with van der Waals surface area (Å²) in [5.74, 6) is 0. The van der Waals surface area contributed by atoms with E-state index >= 15 is 0 Å². The van der Waals surface area contributed by atoms with Crippen LogP contribution in [0.2, 0.25) is 0 Å². The second-order valence-corrected chi connectivity index (χ2v) is 14.8. The molecule has 0 spiro atoms. The topological polar surface area (TPSA) is 123 Å². The Morgan fingerprint density at radius 1 is 1.02 bits per heavy atom. The minimum absolute atomic E-state index is 0.269. The van der Waals surface area contributed by atoms with E-state index in [1.807, 2.05) is 54.0 Å². The maximum absolute atomic E-state index is 14.3. The lowest BCUT2D eigenvalue weighted by atomic mass is 10.1. The van der Waals surface area contributed by atoms with Gasteiger partial charge in [0.15, 0.2) is 0 Å². The van der Waals surface area contributed by atoms with E-state index in [2.05, 4.69) is 27.5 Å². The second kappa shape index (κ2) is 15.4. The first-order valence-corrected chi connectivity index (χ1v) is 19.0.